The molecule has 3 aliphatic carbocycles. The number of phenols is 1. The lowest BCUT2D eigenvalue weighted by Gasteiger charge is -2.50. The number of primary amides is 1. The SMILES string of the molecule is CN(Cc1ccco1)Cc1cc(N(C)C)c2c(c1O)C(O)=C1C(=O)[C@]3(O)C(O)=C(C(N)=O)C(=O)[C@@H](N(C)C)[C@@H]3C[C@@H]1C2. The Bertz CT molecular complexity index is 1540. The molecule has 1 amide bonds. The molecule has 0 bridgehead atoms. The molecule has 0 spiro atoms. The molecule has 0 saturated heterocycles. The second kappa shape index (κ2) is 10.3. The predicted octanol–water partition coefficient (Wildman–Crippen LogP) is 1.26. The summed E-state index contributed by atoms with van der Waals surface area (Å²) in [6.45, 7) is 0.743. The number of aromatic hydroxyl groups is 1. The van der Waals surface area contributed by atoms with E-state index >= 15 is 0 Å². The highest BCUT2D eigenvalue weighted by atomic mass is 16.3. The van der Waals surface area contributed by atoms with E-state index in [9.17, 15) is 34.8 Å². The number of anilines is 1. The molecule has 1 saturated carbocycles. The van der Waals surface area contributed by atoms with E-state index in [1.807, 2.05) is 43.1 Å². The third kappa shape index (κ3) is 4.29. The quantitative estimate of drug-likeness (QED) is 0.297. The number of nitrogens with two attached hydrogens (primary N) is 1. The molecular weight excluding hydrogens is 544 g/mol. The summed E-state index contributed by atoms with van der Waals surface area (Å²) < 4.78 is 5.43. The number of nitrogens with zero attached hydrogens (tertiary/aromatic N) is 3. The largest absolute Gasteiger partial charge is 0.508 e. The molecule has 0 unspecified atom stereocenters. The number of Topliss-reactive ketones (excluding diaryl/α,β-unsaturated/α-hetero) is 2. The molecule has 0 aliphatic heterocycles. The monoisotopic (exact) mass is 580 g/mol. The maximum absolute atomic E-state index is 14.1. The first-order valence-electron chi connectivity index (χ1n) is 13.6. The third-order valence-corrected chi connectivity index (χ3v) is 8.70. The summed E-state index contributed by atoms with van der Waals surface area (Å²) in [5, 5.41) is 46.0. The van der Waals surface area contributed by atoms with Crippen LogP contribution in [0.25, 0.3) is 5.76 Å². The van der Waals surface area contributed by atoms with Crippen LogP contribution in [-0.2, 0) is 33.9 Å². The van der Waals surface area contributed by atoms with E-state index in [-0.39, 0.29) is 36.3 Å². The van der Waals surface area contributed by atoms with Gasteiger partial charge in [0.25, 0.3) is 5.91 Å². The van der Waals surface area contributed by atoms with Gasteiger partial charge in [0.2, 0.25) is 5.78 Å². The molecule has 42 heavy (non-hydrogen) atoms. The van der Waals surface area contributed by atoms with Crippen LogP contribution in [-0.4, -0.2) is 94.6 Å². The number of ketones is 2. The van der Waals surface area contributed by atoms with Gasteiger partial charge in [-0.25, -0.2) is 0 Å². The number of benzene rings is 1. The molecule has 1 aromatic carbocycles. The molecular formula is C30H36N4O8. The van der Waals surface area contributed by atoms with Gasteiger partial charge in [0.05, 0.1) is 24.4 Å². The van der Waals surface area contributed by atoms with Crippen LogP contribution in [0, 0.1) is 11.8 Å². The van der Waals surface area contributed by atoms with E-state index in [1.165, 1.54) is 4.90 Å². The van der Waals surface area contributed by atoms with Crippen molar-refractivity contribution in [2.75, 3.05) is 40.1 Å². The summed E-state index contributed by atoms with van der Waals surface area (Å²) in [4.78, 5) is 44.8. The van der Waals surface area contributed by atoms with E-state index in [0.717, 1.165) is 11.4 Å². The second-order valence-corrected chi connectivity index (χ2v) is 11.9. The lowest BCUT2D eigenvalue weighted by molar-refractivity contribution is -0.153. The number of aliphatic hydroxyl groups is 3. The zero-order valence-corrected chi connectivity index (χ0v) is 24.2. The zero-order chi connectivity index (χ0) is 30.8. The Morgan fingerprint density at radius 3 is 2.38 bits per heavy atom. The number of phenolic OH excluding ortho intramolecular Hbond substituents is 1. The van der Waals surface area contributed by atoms with Gasteiger partial charge in [-0.15, -0.1) is 0 Å². The highest BCUT2D eigenvalue weighted by molar-refractivity contribution is 6.24. The van der Waals surface area contributed by atoms with Gasteiger partial charge in [-0.05, 0) is 63.7 Å². The zero-order valence-electron chi connectivity index (χ0n) is 24.2. The van der Waals surface area contributed by atoms with Gasteiger partial charge in [0.1, 0.15) is 28.6 Å². The lowest BCUT2D eigenvalue weighted by atomic mass is 9.57. The predicted molar refractivity (Wildman–Crippen MR) is 152 cm³/mol. The minimum Gasteiger partial charge on any atom is -0.508 e. The summed E-state index contributed by atoms with van der Waals surface area (Å²) in [5.74, 6) is -5.95. The van der Waals surface area contributed by atoms with Crippen molar-refractivity contribution in [2.24, 2.45) is 17.6 Å². The number of carbonyl (C=O) groups is 3. The average Bonchev–Trinajstić information content (AvgIpc) is 3.40. The van der Waals surface area contributed by atoms with Gasteiger partial charge < -0.3 is 35.5 Å². The Morgan fingerprint density at radius 1 is 1.12 bits per heavy atom. The number of aliphatic hydroxyl groups excluding tert-OH is 2. The van der Waals surface area contributed by atoms with Crippen molar-refractivity contribution in [3.8, 4) is 5.75 Å². The normalized spacial score (nSPS) is 25.6. The van der Waals surface area contributed by atoms with Crippen molar-refractivity contribution in [3.63, 3.8) is 0 Å². The minimum absolute atomic E-state index is 0.0348. The van der Waals surface area contributed by atoms with Gasteiger partial charge in [0, 0.05) is 43.4 Å². The molecule has 12 heteroatoms. The average molecular weight is 581 g/mol. The van der Waals surface area contributed by atoms with Crippen molar-refractivity contribution in [3.05, 3.63) is 63.8 Å². The molecule has 3 aliphatic rings. The first kappa shape index (κ1) is 29.4. The van der Waals surface area contributed by atoms with Crippen LogP contribution in [0.15, 0.2) is 45.8 Å². The van der Waals surface area contributed by atoms with Crippen LogP contribution in [0.3, 0.4) is 0 Å². The molecule has 5 rings (SSSR count). The van der Waals surface area contributed by atoms with E-state index in [0.29, 0.717) is 17.7 Å². The maximum Gasteiger partial charge on any atom is 0.255 e. The van der Waals surface area contributed by atoms with Crippen molar-refractivity contribution in [1.82, 2.24) is 9.80 Å². The van der Waals surface area contributed by atoms with Gasteiger partial charge >= 0.3 is 0 Å². The highest BCUT2D eigenvalue weighted by Crippen LogP contribution is 2.54. The van der Waals surface area contributed by atoms with Crippen molar-refractivity contribution in [1.29, 1.82) is 0 Å². The molecule has 4 atom stereocenters. The smallest absolute Gasteiger partial charge is 0.255 e. The van der Waals surface area contributed by atoms with Gasteiger partial charge in [-0.1, -0.05) is 0 Å². The van der Waals surface area contributed by atoms with Crippen LogP contribution in [0.2, 0.25) is 0 Å². The Hall–Kier alpha value is -4.13. The first-order chi connectivity index (χ1) is 19.7. The number of hydrogen-bond acceptors (Lipinski definition) is 11. The van der Waals surface area contributed by atoms with E-state index < -0.39 is 58.0 Å². The molecule has 1 heterocycles. The Kier molecular flexibility index (Phi) is 7.20. The molecule has 224 valence electrons. The minimum atomic E-state index is -2.68. The Morgan fingerprint density at radius 2 is 1.81 bits per heavy atom. The van der Waals surface area contributed by atoms with E-state index in [4.69, 9.17) is 10.2 Å². The summed E-state index contributed by atoms with van der Waals surface area (Å²) in [7, 11) is 8.66. The second-order valence-electron chi connectivity index (χ2n) is 11.9. The van der Waals surface area contributed by atoms with Crippen LogP contribution in [0.4, 0.5) is 5.69 Å². The molecule has 1 aromatic heterocycles. The third-order valence-electron chi connectivity index (χ3n) is 8.70. The summed E-state index contributed by atoms with van der Waals surface area (Å²) in [6, 6.07) is 4.33. The van der Waals surface area contributed by atoms with Crippen LogP contribution < -0.4 is 10.6 Å². The van der Waals surface area contributed by atoms with Crippen LogP contribution in [0.1, 0.15) is 28.9 Å². The number of furan rings is 1. The van der Waals surface area contributed by atoms with Crippen molar-refractivity contribution < 1.29 is 39.2 Å². The van der Waals surface area contributed by atoms with Crippen molar-refractivity contribution in [2.45, 2.75) is 37.6 Å². The maximum atomic E-state index is 14.1. The summed E-state index contributed by atoms with van der Waals surface area (Å²) >= 11 is 0. The number of amides is 1. The fourth-order valence-corrected chi connectivity index (χ4v) is 6.88. The molecule has 12 nitrogen and oxygen atoms in total. The molecule has 0 radical (unpaired) electrons. The van der Waals surface area contributed by atoms with Gasteiger partial charge in [-0.2, -0.15) is 0 Å². The Balaban J connectivity index is 1.66. The van der Waals surface area contributed by atoms with Gasteiger partial charge in [-0.3, -0.25) is 24.2 Å². The molecule has 1 fully saturated rings. The van der Waals surface area contributed by atoms with Crippen LogP contribution >= 0.6 is 0 Å². The number of fused-ring (bicyclic) bond motifs is 3. The van der Waals surface area contributed by atoms with Gasteiger partial charge in [0.15, 0.2) is 11.4 Å². The highest BCUT2D eigenvalue weighted by Gasteiger charge is 2.64. The number of hydrogen-bond donors (Lipinski definition) is 5. The summed E-state index contributed by atoms with van der Waals surface area (Å²) in [6.07, 6.45) is 1.83. The topological polar surface area (TPSA) is 181 Å². The van der Waals surface area contributed by atoms with E-state index in [2.05, 4.69) is 0 Å². The first-order valence-corrected chi connectivity index (χ1v) is 13.6. The molecule has 2 aromatic rings. The van der Waals surface area contributed by atoms with Crippen molar-refractivity contribution >= 4 is 28.9 Å². The number of likely N-dealkylation sites (N-methyl/N-ethyl adjacent to an activating group) is 1. The number of rotatable bonds is 7. The summed E-state index contributed by atoms with van der Waals surface area (Å²) in [5.41, 5.74) is 3.61. The fourth-order valence-electron chi connectivity index (χ4n) is 6.88. The Labute approximate surface area is 242 Å². The van der Waals surface area contributed by atoms with Crippen LogP contribution in [0.5, 0.6) is 5.75 Å². The van der Waals surface area contributed by atoms with E-state index in [1.54, 1.807) is 26.4 Å². The standard InChI is InChI=1S/C30H36N4O8/c1-32(2)19-11-15(12-34(5)13-16-7-6-8-42-16)24(35)21-17(19)9-14-10-18-23(33(3)4)26(37)22(29(31)40)28(39)30(18,41)27(38)20(14)25(21)36/h6-8,11,14,18,23,35-36,39,41H,9-10,12-13H2,1-5H3,(H2,31,40)/t14-,18-,23-,30-/m0/s1. The number of carbonyl (C=O) groups excluding carboxylic acids is 3. The molecule has 6 N–H and O–H groups in total. The fraction of sp³-hybridized carbons (Fsp3) is 0.433. The lowest BCUT2D eigenvalue weighted by Crippen LogP contribution is -2.65.